The molecule has 0 bridgehead atoms. The van der Waals surface area contributed by atoms with Crippen LogP contribution in [-0.4, -0.2) is 15.5 Å². The van der Waals surface area contributed by atoms with Gasteiger partial charge in [0.05, 0.1) is 0 Å². The summed E-state index contributed by atoms with van der Waals surface area (Å²) >= 11 is -0.219. The first-order valence-corrected chi connectivity index (χ1v) is 6.17. The fraction of sp³-hybridized carbons (Fsp3) is 1.00. The molecule has 0 spiro atoms. The molecule has 4 heteroatoms. The van der Waals surface area contributed by atoms with Crippen LogP contribution < -0.4 is 21.2 Å². The summed E-state index contributed by atoms with van der Waals surface area (Å²) in [7, 11) is 0. The van der Waals surface area contributed by atoms with Gasteiger partial charge in [-0.1, -0.05) is 0 Å². The first kappa shape index (κ1) is 9.52. The van der Waals surface area contributed by atoms with Crippen molar-refractivity contribution in [2.24, 2.45) is 5.92 Å². The van der Waals surface area contributed by atoms with E-state index in [4.69, 9.17) is 0 Å². The molecule has 0 fully saturated rings. The molecule has 0 amide bonds. The van der Waals surface area contributed by atoms with Crippen LogP contribution in [0.5, 0.6) is 0 Å². The molecule has 1 atom stereocenters. The van der Waals surface area contributed by atoms with Crippen molar-refractivity contribution in [3.63, 3.8) is 0 Å². The second-order valence-electron chi connectivity index (χ2n) is 1.86. The van der Waals surface area contributed by atoms with Crippen LogP contribution in [0.15, 0.2) is 0 Å². The maximum atomic E-state index is 11.7. The molecule has 0 aromatic heterocycles. The van der Waals surface area contributed by atoms with Gasteiger partial charge in [-0.2, -0.15) is 0 Å². The SMILES string of the molecule is C[I-]CC(C)C(F)(F)F. The average molecular weight is 253 g/mol. The molecular formula is C5H9F3I-. The Morgan fingerprint density at radius 2 is 1.89 bits per heavy atom. The molecule has 9 heavy (non-hydrogen) atoms. The van der Waals surface area contributed by atoms with Gasteiger partial charge < -0.3 is 0 Å². The van der Waals surface area contributed by atoms with Gasteiger partial charge in [0.2, 0.25) is 0 Å². The molecule has 0 aliphatic carbocycles. The van der Waals surface area contributed by atoms with E-state index in [2.05, 4.69) is 0 Å². The van der Waals surface area contributed by atoms with Crippen LogP contribution in [-0.2, 0) is 0 Å². The van der Waals surface area contributed by atoms with Crippen LogP contribution in [0.4, 0.5) is 13.2 Å². The zero-order chi connectivity index (χ0) is 7.49. The van der Waals surface area contributed by atoms with Crippen LogP contribution in [0.2, 0.25) is 0 Å². The average Bonchev–Trinajstić information content (AvgIpc) is 1.64. The molecule has 0 aromatic carbocycles. The number of hydrogen-bond donors (Lipinski definition) is 0. The Bertz CT molecular complexity index is 78.8. The molecular weight excluding hydrogens is 244 g/mol. The van der Waals surface area contributed by atoms with Crippen molar-refractivity contribution >= 4 is 0 Å². The zero-order valence-corrected chi connectivity index (χ0v) is 7.45. The quantitative estimate of drug-likeness (QED) is 0.433. The molecule has 0 heterocycles. The van der Waals surface area contributed by atoms with Gasteiger partial charge in [0, 0.05) is 0 Å². The molecule has 0 N–H and O–H groups in total. The van der Waals surface area contributed by atoms with E-state index in [9.17, 15) is 13.2 Å². The third-order valence-corrected chi connectivity index (χ3v) is 3.15. The zero-order valence-electron chi connectivity index (χ0n) is 5.30. The number of halogens is 4. The molecule has 0 aliphatic rings. The minimum atomic E-state index is -3.96. The second-order valence-corrected chi connectivity index (χ2v) is 4.27. The first-order chi connectivity index (χ1) is 3.98. The number of alkyl halides is 5. The van der Waals surface area contributed by atoms with Gasteiger partial charge >= 0.3 is 62.8 Å². The molecule has 0 nitrogen and oxygen atoms in total. The standard InChI is InChI=1S/C5H9F3I/c1-4(3-9-2)5(6,7)8/h4H,3H2,1-2H3/q-1. The summed E-state index contributed by atoms with van der Waals surface area (Å²) in [5, 5.41) is 0. The Kier molecular flexibility index (Phi) is 3.84. The van der Waals surface area contributed by atoms with Gasteiger partial charge in [-0.05, 0) is 0 Å². The van der Waals surface area contributed by atoms with E-state index in [0.717, 1.165) is 0 Å². The van der Waals surface area contributed by atoms with Crippen LogP contribution in [0.3, 0.4) is 0 Å². The molecule has 0 aliphatic heterocycles. The molecule has 0 saturated carbocycles. The molecule has 58 valence electrons. The van der Waals surface area contributed by atoms with Crippen molar-refractivity contribution in [2.45, 2.75) is 13.1 Å². The van der Waals surface area contributed by atoms with Crippen LogP contribution in [0.25, 0.3) is 0 Å². The summed E-state index contributed by atoms with van der Waals surface area (Å²) in [4.78, 5) is 1.86. The molecule has 0 radical (unpaired) electrons. The van der Waals surface area contributed by atoms with Crippen molar-refractivity contribution < 1.29 is 34.4 Å². The van der Waals surface area contributed by atoms with E-state index >= 15 is 0 Å². The predicted molar refractivity (Wildman–Crippen MR) is 26.0 cm³/mol. The summed E-state index contributed by atoms with van der Waals surface area (Å²) in [5.74, 6) is -1.09. The van der Waals surface area contributed by atoms with E-state index in [-0.39, 0.29) is 21.2 Å². The van der Waals surface area contributed by atoms with E-state index in [1.54, 1.807) is 0 Å². The number of hydrogen-bond acceptors (Lipinski definition) is 0. The third kappa shape index (κ3) is 4.00. The van der Waals surface area contributed by atoms with Gasteiger partial charge in [0.1, 0.15) is 0 Å². The Morgan fingerprint density at radius 1 is 1.44 bits per heavy atom. The summed E-state index contributed by atoms with van der Waals surface area (Å²) in [5.41, 5.74) is 0. The van der Waals surface area contributed by atoms with E-state index in [0.29, 0.717) is 4.43 Å². The van der Waals surface area contributed by atoms with Crippen molar-refractivity contribution in [1.82, 2.24) is 0 Å². The summed E-state index contributed by atoms with van der Waals surface area (Å²) in [6.07, 6.45) is -3.96. The van der Waals surface area contributed by atoms with Gasteiger partial charge in [-0.15, -0.1) is 0 Å². The van der Waals surface area contributed by atoms with E-state index < -0.39 is 12.1 Å². The predicted octanol–water partition coefficient (Wildman–Crippen LogP) is -1.10. The molecule has 0 saturated heterocycles. The van der Waals surface area contributed by atoms with Gasteiger partial charge in [-0.25, -0.2) is 0 Å². The maximum absolute atomic E-state index is 11.7. The van der Waals surface area contributed by atoms with Gasteiger partial charge in [-0.3, -0.25) is 0 Å². The summed E-state index contributed by atoms with van der Waals surface area (Å²) in [6.45, 7) is 1.24. The Balaban J connectivity index is 3.59. The summed E-state index contributed by atoms with van der Waals surface area (Å²) in [6, 6.07) is 0. The Morgan fingerprint density at radius 3 is 2.00 bits per heavy atom. The summed E-state index contributed by atoms with van der Waals surface area (Å²) < 4.78 is 35.3. The van der Waals surface area contributed by atoms with Crippen LogP contribution in [0.1, 0.15) is 6.92 Å². The Labute approximate surface area is 63.1 Å². The first-order valence-electron chi connectivity index (χ1n) is 2.49. The number of rotatable bonds is 2. The van der Waals surface area contributed by atoms with Crippen molar-refractivity contribution in [1.29, 1.82) is 0 Å². The van der Waals surface area contributed by atoms with Crippen molar-refractivity contribution in [3.05, 3.63) is 0 Å². The molecule has 0 aromatic rings. The third-order valence-electron chi connectivity index (χ3n) is 0.945. The van der Waals surface area contributed by atoms with E-state index in [1.165, 1.54) is 6.92 Å². The molecule has 0 rings (SSSR count). The monoisotopic (exact) mass is 253 g/mol. The normalized spacial score (nSPS) is 16.1. The fourth-order valence-electron chi connectivity index (χ4n) is 0.319. The Hall–Kier alpha value is 0.520. The topological polar surface area (TPSA) is 0 Å². The minimum absolute atomic E-state index is 0.219. The fourth-order valence-corrected chi connectivity index (χ4v) is 2.14. The van der Waals surface area contributed by atoms with Crippen molar-refractivity contribution in [2.75, 3.05) is 9.36 Å². The van der Waals surface area contributed by atoms with Crippen LogP contribution >= 0.6 is 0 Å². The van der Waals surface area contributed by atoms with Crippen molar-refractivity contribution in [3.8, 4) is 0 Å². The molecule has 1 unspecified atom stereocenters. The van der Waals surface area contributed by atoms with Crippen LogP contribution in [0, 0.1) is 5.92 Å². The second kappa shape index (κ2) is 3.63. The van der Waals surface area contributed by atoms with Gasteiger partial charge in [0.25, 0.3) is 0 Å². The van der Waals surface area contributed by atoms with Gasteiger partial charge in [0.15, 0.2) is 0 Å². The van der Waals surface area contributed by atoms with E-state index in [1.807, 2.05) is 4.93 Å².